The minimum atomic E-state index is -4.47. The van der Waals surface area contributed by atoms with Gasteiger partial charge in [-0.15, -0.1) is 12.4 Å². The minimum Gasteiger partial charge on any atom is -0.481 e. The summed E-state index contributed by atoms with van der Waals surface area (Å²) in [4.78, 5) is 25.6. The first kappa shape index (κ1) is 21.2. The average molecular weight is 430 g/mol. The quantitative estimate of drug-likeness (QED) is 0.803. The predicted octanol–water partition coefficient (Wildman–Crippen LogP) is 3.74. The highest BCUT2D eigenvalue weighted by molar-refractivity contribution is 5.96. The molecule has 1 aliphatic heterocycles. The van der Waals surface area contributed by atoms with Crippen LogP contribution in [0.25, 0.3) is 5.69 Å². The number of carboxylic acid groups (broad SMARTS) is 1. The Bertz CT molecular complexity index is 940. The zero-order valence-corrected chi connectivity index (χ0v) is 16.0. The normalized spacial score (nSPS) is 19.1. The third-order valence-corrected chi connectivity index (χ3v) is 5.24. The van der Waals surface area contributed by atoms with E-state index in [1.54, 1.807) is 0 Å². The number of nitrogens with zero attached hydrogens (tertiary/aromatic N) is 3. The van der Waals surface area contributed by atoms with Crippen LogP contribution in [0.4, 0.5) is 13.2 Å². The van der Waals surface area contributed by atoms with Gasteiger partial charge in [-0.25, -0.2) is 4.68 Å². The van der Waals surface area contributed by atoms with Gasteiger partial charge in [-0.05, 0) is 37.5 Å². The number of carbonyl (C=O) groups excluding carboxylic acids is 1. The van der Waals surface area contributed by atoms with Gasteiger partial charge in [0.2, 0.25) is 0 Å². The highest BCUT2D eigenvalue weighted by Crippen LogP contribution is 2.43. The Morgan fingerprint density at radius 1 is 1.17 bits per heavy atom. The lowest BCUT2D eigenvalue weighted by molar-refractivity contribution is -0.141. The second-order valence-electron chi connectivity index (χ2n) is 7.25. The molecule has 1 aromatic heterocycles. The van der Waals surface area contributed by atoms with Crippen LogP contribution in [0.1, 0.15) is 46.8 Å². The lowest BCUT2D eigenvalue weighted by atomic mass is 10.1. The number of alkyl halides is 3. The number of hydrogen-bond donors (Lipinski definition) is 1. The van der Waals surface area contributed by atoms with Gasteiger partial charge in [0.15, 0.2) is 0 Å². The SMILES string of the molecule is Cl.O=C(O)C1CCN(C(=O)c2cnn(-c3cccc(C(F)(F)F)c3)c2C2CC2)C1. The first-order valence-corrected chi connectivity index (χ1v) is 9.03. The van der Waals surface area contributed by atoms with E-state index in [1.165, 1.54) is 27.9 Å². The van der Waals surface area contributed by atoms with Gasteiger partial charge in [-0.1, -0.05) is 6.07 Å². The molecule has 4 rings (SSSR count). The van der Waals surface area contributed by atoms with E-state index in [9.17, 15) is 22.8 Å². The van der Waals surface area contributed by atoms with E-state index in [2.05, 4.69) is 5.10 Å². The Labute approximate surface area is 170 Å². The molecule has 0 radical (unpaired) electrons. The number of aromatic nitrogens is 2. The Morgan fingerprint density at radius 2 is 1.90 bits per heavy atom. The summed E-state index contributed by atoms with van der Waals surface area (Å²) in [6.45, 7) is 0.474. The summed E-state index contributed by atoms with van der Waals surface area (Å²) in [5.41, 5.74) is 0.411. The van der Waals surface area contributed by atoms with E-state index in [1.807, 2.05) is 0 Å². The largest absolute Gasteiger partial charge is 0.481 e. The zero-order valence-electron chi connectivity index (χ0n) is 15.2. The molecule has 1 unspecified atom stereocenters. The van der Waals surface area contributed by atoms with Crippen LogP contribution in [0.3, 0.4) is 0 Å². The van der Waals surface area contributed by atoms with Crippen LogP contribution < -0.4 is 0 Å². The zero-order chi connectivity index (χ0) is 20.1. The Morgan fingerprint density at radius 3 is 2.48 bits per heavy atom. The van der Waals surface area contributed by atoms with Crippen LogP contribution in [0.15, 0.2) is 30.5 Å². The van der Waals surface area contributed by atoms with Crippen molar-refractivity contribution in [2.75, 3.05) is 13.1 Å². The number of rotatable bonds is 4. The fraction of sp³-hybridized carbons (Fsp3) is 0.421. The molecular formula is C19H19ClF3N3O3. The van der Waals surface area contributed by atoms with Gasteiger partial charge >= 0.3 is 12.1 Å². The molecule has 10 heteroatoms. The van der Waals surface area contributed by atoms with Crippen molar-refractivity contribution >= 4 is 24.3 Å². The monoisotopic (exact) mass is 429 g/mol. The molecule has 1 aliphatic carbocycles. The van der Waals surface area contributed by atoms with E-state index < -0.39 is 23.6 Å². The average Bonchev–Trinajstić information content (AvgIpc) is 3.20. The standard InChI is InChI=1S/C19H18F3N3O3.ClH/c20-19(21,22)13-2-1-3-14(8-13)25-16(11-4-5-11)15(9-23-25)17(26)24-7-6-12(10-24)18(27)28;/h1-3,8-9,11-12H,4-7,10H2,(H,27,28);1H. The van der Waals surface area contributed by atoms with E-state index in [4.69, 9.17) is 5.11 Å². The molecule has 2 heterocycles. The van der Waals surface area contributed by atoms with E-state index in [0.29, 0.717) is 24.2 Å². The molecular weight excluding hydrogens is 411 g/mol. The fourth-order valence-corrected chi connectivity index (χ4v) is 3.61. The van der Waals surface area contributed by atoms with Crippen molar-refractivity contribution in [3.8, 4) is 5.69 Å². The summed E-state index contributed by atoms with van der Waals surface area (Å²) in [6, 6.07) is 4.85. The predicted molar refractivity (Wildman–Crippen MR) is 99.4 cm³/mol. The molecule has 156 valence electrons. The molecule has 2 aromatic rings. The summed E-state index contributed by atoms with van der Waals surface area (Å²) in [5, 5.41) is 13.3. The number of carbonyl (C=O) groups is 2. The minimum absolute atomic E-state index is 0. The number of likely N-dealkylation sites (tertiary alicyclic amines) is 1. The van der Waals surface area contributed by atoms with Crippen molar-refractivity contribution in [1.82, 2.24) is 14.7 Å². The molecule has 29 heavy (non-hydrogen) atoms. The first-order valence-electron chi connectivity index (χ1n) is 9.03. The van der Waals surface area contributed by atoms with Crippen LogP contribution in [-0.4, -0.2) is 44.8 Å². The summed E-state index contributed by atoms with van der Waals surface area (Å²) >= 11 is 0. The molecule has 6 nitrogen and oxygen atoms in total. The maximum Gasteiger partial charge on any atom is 0.416 e. The van der Waals surface area contributed by atoms with Crippen molar-refractivity contribution in [2.24, 2.45) is 5.92 Å². The van der Waals surface area contributed by atoms with Gasteiger partial charge in [0.05, 0.1) is 34.6 Å². The third kappa shape index (κ3) is 4.10. The smallest absolute Gasteiger partial charge is 0.416 e. The van der Waals surface area contributed by atoms with Crippen molar-refractivity contribution < 1.29 is 27.9 Å². The first-order chi connectivity index (χ1) is 13.3. The fourth-order valence-electron chi connectivity index (χ4n) is 3.61. The van der Waals surface area contributed by atoms with Gasteiger partial charge < -0.3 is 10.0 Å². The number of halogens is 4. The van der Waals surface area contributed by atoms with Crippen LogP contribution in [0.2, 0.25) is 0 Å². The van der Waals surface area contributed by atoms with Crippen LogP contribution in [0, 0.1) is 5.92 Å². The molecule has 0 bridgehead atoms. The lowest BCUT2D eigenvalue weighted by Gasteiger charge is -2.17. The topological polar surface area (TPSA) is 75.4 Å². The van der Waals surface area contributed by atoms with Crippen molar-refractivity contribution in [1.29, 1.82) is 0 Å². The number of aliphatic carboxylic acids is 1. The second kappa shape index (κ2) is 7.70. The summed E-state index contributed by atoms with van der Waals surface area (Å²) in [6.07, 6.45) is -1.03. The number of carboxylic acids is 1. The highest BCUT2D eigenvalue weighted by atomic mass is 35.5. The third-order valence-electron chi connectivity index (χ3n) is 5.24. The van der Waals surface area contributed by atoms with Gasteiger partial charge in [0.25, 0.3) is 5.91 Å². The molecule has 2 aliphatic rings. The molecule has 1 saturated heterocycles. The molecule has 1 atom stereocenters. The molecule has 2 fully saturated rings. The summed E-state index contributed by atoms with van der Waals surface area (Å²) in [7, 11) is 0. The van der Waals surface area contributed by atoms with E-state index in [0.717, 1.165) is 25.0 Å². The van der Waals surface area contributed by atoms with Gasteiger partial charge in [0.1, 0.15) is 0 Å². The van der Waals surface area contributed by atoms with Crippen molar-refractivity contribution in [2.45, 2.75) is 31.4 Å². The molecule has 0 spiro atoms. The molecule has 1 aromatic carbocycles. The number of hydrogen-bond acceptors (Lipinski definition) is 3. The maximum atomic E-state index is 13.1. The van der Waals surface area contributed by atoms with E-state index in [-0.39, 0.29) is 36.5 Å². The van der Waals surface area contributed by atoms with Crippen LogP contribution in [0.5, 0.6) is 0 Å². The van der Waals surface area contributed by atoms with Crippen LogP contribution in [-0.2, 0) is 11.0 Å². The van der Waals surface area contributed by atoms with Gasteiger partial charge in [0, 0.05) is 19.0 Å². The second-order valence-corrected chi connectivity index (χ2v) is 7.25. The lowest BCUT2D eigenvalue weighted by Crippen LogP contribution is -2.30. The van der Waals surface area contributed by atoms with Crippen LogP contribution >= 0.6 is 12.4 Å². The maximum absolute atomic E-state index is 13.1. The van der Waals surface area contributed by atoms with Gasteiger partial charge in [-0.3, -0.25) is 9.59 Å². The van der Waals surface area contributed by atoms with Crippen molar-refractivity contribution in [3.63, 3.8) is 0 Å². The summed E-state index contributed by atoms with van der Waals surface area (Å²) in [5.74, 6) is -1.78. The number of benzene rings is 1. The molecule has 1 amide bonds. The Balaban J connectivity index is 0.00000240. The molecule has 1 saturated carbocycles. The van der Waals surface area contributed by atoms with E-state index >= 15 is 0 Å². The highest BCUT2D eigenvalue weighted by Gasteiger charge is 2.37. The Kier molecular flexibility index (Phi) is 5.62. The summed E-state index contributed by atoms with van der Waals surface area (Å²) < 4.78 is 40.6. The molecule has 1 N–H and O–H groups in total. The van der Waals surface area contributed by atoms with Gasteiger partial charge in [-0.2, -0.15) is 18.3 Å². The van der Waals surface area contributed by atoms with Crippen molar-refractivity contribution in [3.05, 3.63) is 47.3 Å². The number of amides is 1. The Hall–Kier alpha value is -2.55.